The van der Waals surface area contributed by atoms with Gasteiger partial charge in [-0.05, 0) is 48.7 Å². The van der Waals surface area contributed by atoms with Crippen LogP contribution in [0.4, 0.5) is 4.79 Å². The molecule has 7 nitrogen and oxygen atoms in total. The number of rotatable bonds is 20. The van der Waals surface area contributed by atoms with E-state index in [1.54, 1.807) is 30.3 Å². The van der Waals surface area contributed by atoms with Crippen molar-refractivity contribution in [2.24, 2.45) is 0 Å². The fourth-order valence-corrected chi connectivity index (χ4v) is 7.54. The molecule has 2 atom stereocenters. The van der Waals surface area contributed by atoms with Crippen molar-refractivity contribution in [1.29, 1.82) is 0 Å². The van der Waals surface area contributed by atoms with Gasteiger partial charge in [0.1, 0.15) is 11.9 Å². The number of carbonyl (C=O) groups is 2. The number of sulfone groups is 1. The maximum Gasteiger partial charge on any atom is 0.407 e. The van der Waals surface area contributed by atoms with E-state index in [4.69, 9.17) is 9.16 Å². The number of unbranched alkanes of at least 4 members (excludes halogenated alkanes) is 6. The van der Waals surface area contributed by atoms with Crippen molar-refractivity contribution < 1.29 is 27.2 Å². The molecule has 2 rings (SSSR count). The smallest absolute Gasteiger partial charge is 0.407 e. The molecule has 1 unspecified atom stereocenters. The van der Waals surface area contributed by atoms with Crippen LogP contribution >= 0.6 is 0 Å². The van der Waals surface area contributed by atoms with Gasteiger partial charge in [-0.2, -0.15) is 0 Å². The average Bonchev–Trinajstić information content (AvgIpc) is 2.99. The predicted molar refractivity (Wildman–Crippen MR) is 181 cm³/mol. The molecule has 1 N–H and O–H groups in total. The number of hydrogen-bond donors (Lipinski definition) is 1. The fourth-order valence-electron chi connectivity index (χ4n) is 4.68. The van der Waals surface area contributed by atoms with Crippen LogP contribution in [0.2, 0.25) is 18.1 Å². The largest absolute Gasteiger partial charge is 0.445 e. The van der Waals surface area contributed by atoms with Gasteiger partial charge in [0.05, 0.1) is 17.5 Å². The van der Waals surface area contributed by atoms with E-state index in [1.807, 2.05) is 30.3 Å². The van der Waals surface area contributed by atoms with Crippen molar-refractivity contribution in [2.45, 2.75) is 133 Å². The van der Waals surface area contributed by atoms with Crippen LogP contribution in [0.1, 0.15) is 97.5 Å². The van der Waals surface area contributed by atoms with Gasteiger partial charge >= 0.3 is 6.09 Å². The standard InChI is InChI=1S/C35H55NO6SSi/c1-7-8-9-10-11-12-19-24-33(43(39,40)31-22-17-14-18-23-31)32(37)26-25-30(28-42-44(5,6)35(2,3)4)36-34(38)41-27-29-20-15-13-16-21-29/h13-18,20-23,30,33H,7-12,19,24-28H2,1-6H3,(H,36,38)/t30-,33?/m0/s1. The summed E-state index contributed by atoms with van der Waals surface area (Å²) >= 11 is 0. The van der Waals surface area contributed by atoms with Crippen LogP contribution in [0.25, 0.3) is 0 Å². The molecule has 0 heterocycles. The molecule has 9 heteroatoms. The van der Waals surface area contributed by atoms with Crippen molar-refractivity contribution in [3.05, 3.63) is 66.2 Å². The highest BCUT2D eigenvalue weighted by Gasteiger charge is 2.38. The van der Waals surface area contributed by atoms with E-state index in [9.17, 15) is 18.0 Å². The third kappa shape index (κ3) is 12.9. The third-order valence-electron chi connectivity index (χ3n) is 8.60. The number of alkyl carbamates (subject to hydrolysis) is 1. The lowest BCUT2D eigenvalue weighted by molar-refractivity contribution is -0.119. The number of hydrogen-bond acceptors (Lipinski definition) is 6. The molecule has 0 fully saturated rings. The van der Waals surface area contributed by atoms with E-state index in [0.29, 0.717) is 12.8 Å². The molecular weight excluding hydrogens is 591 g/mol. The first-order valence-corrected chi connectivity index (χ1v) is 20.7. The highest BCUT2D eigenvalue weighted by molar-refractivity contribution is 7.92. The maximum atomic E-state index is 13.7. The predicted octanol–water partition coefficient (Wildman–Crippen LogP) is 8.64. The summed E-state index contributed by atoms with van der Waals surface area (Å²) in [7, 11) is -6.00. The molecule has 0 aromatic heterocycles. The number of amides is 1. The minimum Gasteiger partial charge on any atom is -0.445 e. The topological polar surface area (TPSA) is 98.8 Å². The van der Waals surface area contributed by atoms with E-state index in [2.05, 4.69) is 46.1 Å². The van der Waals surface area contributed by atoms with Gasteiger partial charge in [-0.15, -0.1) is 0 Å². The number of Topliss-reactive ketones (excluding diaryl/α,β-unsaturated/α-hetero) is 1. The van der Waals surface area contributed by atoms with Crippen LogP contribution in [0.15, 0.2) is 65.6 Å². The van der Waals surface area contributed by atoms with Crippen LogP contribution in [-0.2, 0) is 30.4 Å². The van der Waals surface area contributed by atoms with Gasteiger partial charge in [-0.25, -0.2) is 13.2 Å². The van der Waals surface area contributed by atoms with Crippen LogP contribution in [0.5, 0.6) is 0 Å². The zero-order valence-corrected chi connectivity index (χ0v) is 29.6. The van der Waals surface area contributed by atoms with Crippen molar-refractivity contribution in [3.8, 4) is 0 Å². The van der Waals surface area contributed by atoms with Gasteiger partial charge in [0, 0.05) is 6.42 Å². The molecule has 0 aliphatic heterocycles. The maximum absolute atomic E-state index is 13.7. The lowest BCUT2D eigenvalue weighted by Gasteiger charge is -2.37. The van der Waals surface area contributed by atoms with Crippen molar-refractivity contribution in [2.75, 3.05) is 6.61 Å². The Morgan fingerprint density at radius 3 is 2.00 bits per heavy atom. The van der Waals surface area contributed by atoms with Crippen molar-refractivity contribution in [1.82, 2.24) is 5.32 Å². The van der Waals surface area contributed by atoms with E-state index in [1.165, 1.54) is 19.3 Å². The SMILES string of the molecule is CCCCCCCCCC(C(=O)CC[C@@H](CO[Si](C)(C)C(C)(C)C)NC(=O)OCc1ccccc1)S(=O)(=O)c1ccccc1. The molecule has 0 bridgehead atoms. The quantitative estimate of drug-likeness (QED) is 0.114. The Kier molecular flexibility index (Phi) is 15.8. The third-order valence-corrected chi connectivity index (χ3v) is 15.3. The molecule has 0 aliphatic rings. The Labute approximate surface area is 267 Å². The van der Waals surface area contributed by atoms with Gasteiger partial charge in [0.2, 0.25) is 0 Å². The average molecular weight is 646 g/mol. The summed E-state index contributed by atoms with van der Waals surface area (Å²) in [4.78, 5) is 26.6. The van der Waals surface area contributed by atoms with E-state index >= 15 is 0 Å². The lowest BCUT2D eigenvalue weighted by atomic mass is 10.0. The normalized spacial score (nSPS) is 13.7. The number of carbonyl (C=O) groups excluding carboxylic acids is 2. The summed E-state index contributed by atoms with van der Waals surface area (Å²) in [6, 6.07) is 17.1. The first-order chi connectivity index (χ1) is 20.8. The zero-order chi connectivity index (χ0) is 32.6. The van der Waals surface area contributed by atoms with Gasteiger partial charge < -0.3 is 14.5 Å². The molecule has 0 spiro atoms. The van der Waals surface area contributed by atoms with Gasteiger partial charge in [-0.1, -0.05) is 121 Å². The summed E-state index contributed by atoms with van der Waals surface area (Å²) in [5.41, 5.74) is 0.867. The zero-order valence-electron chi connectivity index (χ0n) is 27.8. The molecule has 1 amide bonds. The number of benzene rings is 2. The number of nitrogens with one attached hydrogen (secondary N) is 1. The van der Waals surface area contributed by atoms with Crippen LogP contribution < -0.4 is 5.32 Å². The fraction of sp³-hybridized carbons (Fsp3) is 0.600. The summed E-state index contributed by atoms with van der Waals surface area (Å²) in [5, 5.41) is 1.73. The molecule has 0 aliphatic carbocycles. The first kappa shape index (κ1) is 37.7. The Morgan fingerprint density at radius 2 is 1.41 bits per heavy atom. The van der Waals surface area contributed by atoms with E-state index in [-0.39, 0.29) is 41.8 Å². The van der Waals surface area contributed by atoms with E-state index in [0.717, 1.165) is 24.8 Å². The lowest BCUT2D eigenvalue weighted by Crippen LogP contribution is -2.46. The van der Waals surface area contributed by atoms with E-state index < -0.39 is 35.5 Å². The Morgan fingerprint density at radius 1 is 0.841 bits per heavy atom. The molecule has 0 saturated carbocycles. The minimum atomic E-state index is -3.85. The summed E-state index contributed by atoms with van der Waals surface area (Å²) in [5.74, 6) is -0.323. The van der Waals surface area contributed by atoms with Crippen molar-refractivity contribution >= 4 is 30.0 Å². The van der Waals surface area contributed by atoms with Gasteiger partial charge in [0.15, 0.2) is 23.9 Å². The van der Waals surface area contributed by atoms with Crippen LogP contribution in [0, 0.1) is 0 Å². The van der Waals surface area contributed by atoms with Crippen LogP contribution in [-0.4, -0.2) is 46.5 Å². The second-order valence-electron chi connectivity index (χ2n) is 13.2. The first-order valence-electron chi connectivity index (χ1n) is 16.2. The highest BCUT2D eigenvalue weighted by atomic mass is 32.2. The minimum absolute atomic E-state index is 0.0116. The van der Waals surface area contributed by atoms with Gasteiger partial charge in [-0.3, -0.25) is 4.79 Å². The number of ketones is 1. The molecule has 2 aromatic carbocycles. The Bertz CT molecular complexity index is 1230. The summed E-state index contributed by atoms with van der Waals surface area (Å²) in [6.45, 7) is 13.2. The highest BCUT2D eigenvalue weighted by Crippen LogP contribution is 2.36. The molecular formula is C35H55NO6SSi. The second-order valence-corrected chi connectivity index (χ2v) is 20.2. The molecule has 44 heavy (non-hydrogen) atoms. The Balaban J connectivity index is 2.13. The molecule has 246 valence electrons. The number of ether oxygens (including phenoxy) is 1. The molecule has 0 saturated heterocycles. The second kappa shape index (κ2) is 18.5. The Hall–Kier alpha value is -2.49. The van der Waals surface area contributed by atoms with Gasteiger partial charge in [0.25, 0.3) is 0 Å². The monoisotopic (exact) mass is 645 g/mol. The molecule has 0 radical (unpaired) electrons. The summed E-state index contributed by atoms with van der Waals surface area (Å²) < 4.78 is 39.2. The summed E-state index contributed by atoms with van der Waals surface area (Å²) in [6.07, 6.45) is 7.26. The van der Waals surface area contributed by atoms with Crippen LogP contribution in [0.3, 0.4) is 0 Å². The molecule has 2 aromatic rings. The van der Waals surface area contributed by atoms with Crippen molar-refractivity contribution in [3.63, 3.8) is 0 Å².